The maximum atomic E-state index is 3.65. The Hall–Kier alpha value is -1.81. The van der Waals surface area contributed by atoms with Crippen LogP contribution in [-0.4, -0.2) is 28.2 Å². The van der Waals surface area contributed by atoms with Crippen molar-refractivity contribution >= 4 is 34.5 Å². The van der Waals surface area contributed by atoms with Crippen molar-refractivity contribution in [1.29, 1.82) is 0 Å². The summed E-state index contributed by atoms with van der Waals surface area (Å²) < 4.78 is 0. The van der Waals surface area contributed by atoms with E-state index in [0.29, 0.717) is 0 Å². The first kappa shape index (κ1) is 15.1. The number of benzene rings is 2. The molecule has 0 aliphatic carbocycles. The zero-order valence-corrected chi connectivity index (χ0v) is 14.9. The molecule has 0 bridgehead atoms. The summed E-state index contributed by atoms with van der Waals surface area (Å²) in [6.07, 6.45) is 0. The van der Waals surface area contributed by atoms with Crippen LogP contribution >= 0.6 is 11.8 Å². The molecule has 0 saturated carbocycles. The predicted octanol–water partition coefficient (Wildman–Crippen LogP) is 4.64. The zero-order chi connectivity index (χ0) is 16.0. The van der Waals surface area contributed by atoms with E-state index in [9.17, 15) is 0 Å². The Morgan fingerprint density at radius 2 is 1.14 bits per heavy atom. The molecule has 3 nitrogen and oxygen atoms in total. The molecule has 0 amide bonds. The molecule has 0 fully saturated rings. The Balaban J connectivity index is 2.10. The minimum atomic E-state index is 1.24. The first-order valence-electron chi connectivity index (χ1n) is 7.45. The third-order valence-electron chi connectivity index (χ3n) is 4.07. The summed E-state index contributed by atoms with van der Waals surface area (Å²) in [6, 6.07) is 9.00. The van der Waals surface area contributed by atoms with Gasteiger partial charge in [0.25, 0.3) is 0 Å². The number of fused-ring (bicyclic) bond motifs is 2. The summed E-state index contributed by atoms with van der Waals surface area (Å²) in [4.78, 5) is 6.91. The van der Waals surface area contributed by atoms with Crippen molar-refractivity contribution in [3.05, 3.63) is 35.4 Å². The van der Waals surface area contributed by atoms with Gasteiger partial charge in [-0.1, -0.05) is 11.8 Å². The van der Waals surface area contributed by atoms with Crippen molar-refractivity contribution in [2.45, 2.75) is 23.6 Å². The van der Waals surface area contributed by atoms with Crippen LogP contribution in [0, 0.1) is 13.8 Å². The van der Waals surface area contributed by atoms with E-state index >= 15 is 0 Å². The van der Waals surface area contributed by atoms with Gasteiger partial charge in [-0.05, 0) is 49.2 Å². The number of hydrogen-bond acceptors (Lipinski definition) is 4. The molecule has 1 aliphatic heterocycles. The molecular weight excluding hydrogens is 290 g/mol. The fraction of sp³-hybridized carbons (Fsp3) is 0.333. The molecule has 0 unspecified atom stereocenters. The molecule has 22 heavy (non-hydrogen) atoms. The summed E-state index contributed by atoms with van der Waals surface area (Å²) in [5, 5.41) is 3.65. The lowest BCUT2D eigenvalue weighted by Crippen LogP contribution is -2.12. The van der Waals surface area contributed by atoms with Gasteiger partial charge in [-0.3, -0.25) is 0 Å². The largest absolute Gasteiger partial charge is 0.378 e. The van der Waals surface area contributed by atoms with Crippen LogP contribution in [0.1, 0.15) is 11.1 Å². The second-order valence-corrected chi connectivity index (χ2v) is 7.37. The van der Waals surface area contributed by atoms with Crippen molar-refractivity contribution in [1.82, 2.24) is 0 Å². The lowest BCUT2D eigenvalue weighted by atomic mass is 10.1. The molecule has 1 N–H and O–H groups in total. The Morgan fingerprint density at radius 1 is 0.727 bits per heavy atom. The van der Waals surface area contributed by atoms with Gasteiger partial charge in [0.05, 0.1) is 11.4 Å². The van der Waals surface area contributed by atoms with Crippen molar-refractivity contribution in [3.63, 3.8) is 0 Å². The standard InChI is InChI=1S/C18H23N3S/c1-11-7-13(20(3)4)9-15-17(11)19-18-12(2)8-14(21(5)6)10-16(18)22-15/h7-10,19H,1-6H3. The van der Waals surface area contributed by atoms with Gasteiger partial charge >= 0.3 is 0 Å². The van der Waals surface area contributed by atoms with Crippen molar-refractivity contribution < 1.29 is 0 Å². The van der Waals surface area contributed by atoms with Crippen molar-refractivity contribution in [3.8, 4) is 0 Å². The predicted molar refractivity (Wildman–Crippen MR) is 98.4 cm³/mol. The average Bonchev–Trinajstić information content (AvgIpc) is 2.45. The number of rotatable bonds is 2. The van der Waals surface area contributed by atoms with Crippen molar-refractivity contribution in [2.24, 2.45) is 0 Å². The van der Waals surface area contributed by atoms with E-state index in [1.54, 1.807) is 0 Å². The monoisotopic (exact) mass is 313 g/mol. The summed E-state index contributed by atoms with van der Waals surface area (Å²) in [5.41, 5.74) is 7.54. The Kier molecular flexibility index (Phi) is 3.73. The molecule has 1 heterocycles. The molecule has 1 aliphatic rings. The minimum Gasteiger partial charge on any atom is -0.378 e. The minimum absolute atomic E-state index is 1.24. The molecule has 4 heteroatoms. The van der Waals surface area contributed by atoms with Crippen LogP contribution in [-0.2, 0) is 0 Å². The topological polar surface area (TPSA) is 18.5 Å². The first-order chi connectivity index (χ1) is 10.4. The molecule has 0 atom stereocenters. The molecule has 0 saturated heterocycles. The number of hydrogen-bond donors (Lipinski definition) is 1. The maximum Gasteiger partial charge on any atom is 0.0557 e. The Morgan fingerprint density at radius 3 is 1.50 bits per heavy atom. The van der Waals surface area contributed by atoms with E-state index < -0.39 is 0 Å². The molecule has 0 aromatic heterocycles. The van der Waals surface area contributed by atoms with Crippen LogP contribution in [0.4, 0.5) is 22.7 Å². The van der Waals surface area contributed by atoms with Crippen LogP contribution < -0.4 is 15.1 Å². The van der Waals surface area contributed by atoms with E-state index in [0.717, 1.165) is 0 Å². The molecule has 2 aromatic carbocycles. The van der Waals surface area contributed by atoms with Crippen LogP contribution in [0.2, 0.25) is 0 Å². The van der Waals surface area contributed by atoms with E-state index in [2.05, 4.69) is 81.4 Å². The van der Waals surface area contributed by atoms with Gasteiger partial charge in [-0.25, -0.2) is 0 Å². The third kappa shape index (κ3) is 2.52. The molecule has 116 valence electrons. The molecule has 2 aromatic rings. The highest BCUT2D eigenvalue weighted by Crippen LogP contribution is 2.49. The van der Waals surface area contributed by atoms with Crippen molar-refractivity contribution in [2.75, 3.05) is 43.3 Å². The third-order valence-corrected chi connectivity index (χ3v) is 5.15. The number of nitrogens with zero attached hydrogens (tertiary/aromatic N) is 2. The van der Waals surface area contributed by atoms with E-state index in [1.807, 2.05) is 11.8 Å². The number of nitrogens with one attached hydrogen (secondary N) is 1. The van der Waals surface area contributed by atoms with E-state index in [-0.39, 0.29) is 0 Å². The molecule has 3 rings (SSSR count). The molecular formula is C18H23N3S. The molecule has 0 radical (unpaired) electrons. The van der Waals surface area contributed by atoms with Gasteiger partial charge in [-0.15, -0.1) is 0 Å². The average molecular weight is 313 g/mol. The highest BCUT2D eigenvalue weighted by atomic mass is 32.2. The quantitative estimate of drug-likeness (QED) is 0.742. The number of anilines is 4. The summed E-state index contributed by atoms with van der Waals surface area (Å²) >= 11 is 1.86. The second-order valence-electron chi connectivity index (χ2n) is 6.29. The summed E-state index contributed by atoms with van der Waals surface area (Å²) in [5.74, 6) is 0. The van der Waals surface area contributed by atoms with Gasteiger partial charge in [0.1, 0.15) is 0 Å². The highest BCUT2D eigenvalue weighted by Gasteiger charge is 2.21. The smallest absolute Gasteiger partial charge is 0.0557 e. The van der Waals surface area contributed by atoms with Crippen LogP contribution in [0.25, 0.3) is 0 Å². The van der Waals surface area contributed by atoms with Crippen LogP contribution in [0.3, 0.4) is 0 Å². The fourth-order valence-electron chi connectivity index (χ4n) is 2.71. The van der Waals surface area contributed by atoms with Crippen LogP contribution in [0.15, 0.2) is 34.1 Å². The lowest BCUT2D eigenvalue weighted by Gasteiger charge is -2.27. The normalized spacial score (nSPS) is 12.3. The number of aryl methyl sites for hydroxylation is 2. The maximum absolute atomic E-state index is 3.65. The summed E-state index contributed by atoms with van der Waals surface area (Å²) in [7, 11) is 8.35. The second kappa shape index (κ2) is 5.43. The zero-order valence-electron chi connectivity index (χ0n) is 14.1. The molecule has 0 spiro atoms. The lowest BCUT2D eigenvalue weighted by molar-refractivity contribution is 1.10. The SMILES string of the molecule is Cc1cc(N(C)C)cc2c1Nc1c(C)cc(N(C)C)cc1S2. The van der Waals surface area contributed by atoms with Gasteiger partial charge < -0.3 is 15.1 Å². The Bertz CT molecular complexity index is 674. The Labute approximate surface area is 137 Å². The highest BCUT2D eigenvalue weighted by molar-refractivity contribution is 7.99. The van der Waals surface area contributed by atoms with Gasteiger partial charge in [0.15, 0.2) is 0 Å². The summed E-state index contributed by atoms with van der Waals surface area (Å²) in [6.45, 7) is 4.35. The van der Waals surface area contributed by atoms with Gasteiger partial charge in [0, 0.05) is 49.4 Å². The first-order valence-corrected chi connectivity index (χ1v) is 8.27. The van der Waals surface area contributed by atoms with Gasteiger partial charge in [-0.2, -0.15) is 0 Å². The van der Waals surface area contributed by atoms with E-state index in [4.69, 9.17) is 0 Å². The van der Waals surface area contributed by atoms with E-state index in [1.165, 1.54) is 43.7 Å². The van der Waals surface area contributed by atoms with Gasteiger partial charge in [0.2, 0.25) is 0 Å². The fourth-order valence-corrected chi connectivity index (χ4v) is 3.94. The van der Waals surface area contributed by atoms with Crippen LogP contribution in [0.5, 0.6) is 0 Å².